The van der Waals surface area contributed by atoms with Crippen LogP contribution in [-0.4, -0.2) is 21.1 Å². The zero-order chi connectivity index (χ0) is 10.6. The first-order valence-corrected chi connectivity index (χ1v) is 6.36. The van der Waals surface area contributed by atoms with Gasteiger partial charge in [0.15, 0.2) is 0 Å². The van der Waals surface area contributed by atoms with E-state index in [4.69, 9.17) is 0 Å². The molecule has 82 valence electrons. The highest BCUT2D eigenvalue weighted by atomic mass is 32.2. The molecule has 0 radical (unpaired) electrons. The molecular formula is C11H20O2S. The van der Waals surface area contributed by atoms with Gasteiger partial charge in [0, 0.05) is 5.25 Å². The van der Waals surface area contributed by atoms with Crippen molar-refractivity contribution < 1.29 is 9.90 Å². The lowest BCUT2D eigenvalue weighted by atomic mass is 9.99. The van der Waals surface area contributed by atoms with Crippen LogP contribution in [0.4, 0.5) is 0 Å². The first-order valence-electron chi connectivity index (χ1n) is 5.48. The Labute approximate surface area is 90.5 Å². The van der Waals surface area contributed by atoms with Gasteiger partial charge in [0.05, 0.1) is 0 Å². The fourth-order valence-corrected chi connectivity index (χ4v) is 3.66. The quantitative estimate of drug-likeness (QED) is 0.735. The first kappa shape index (κ1) is 11.9. The van der Waals surface area contributed by atoms with Crippen molar-refractivity contribution in [2.24, 2.45) is 0 Å². The molecule has 0 bridgehead atoms. The van der Waals surface area contributed by atoms with Gasteiger partial charge < -0.3 is 5.11 Å². The van der Waals surface area contributed by atoms with Crippen molar-refractivity contribution in [1.82, 2.24) is 0 Å². The molecule has 2 nitrogen and oxygen atoms in total. The summed E-state index contributed by atoms with van der Waals surface area (Å²) in [5.74, 6) is -0.599. The van der Waals surface area contributed by atoms with Crippen LogP contribution in [-0.2, 0) is 4.79 Å². The van der Waals surface area contributed by atoms with E-state index in [1.54, 1.807) is 11.8 Å². The zero-order valence-corrected chi connectivity index (χ0v) is 9.90. The number of aliphatic carboxylic acids is 1. The highest BCUT2D eigenvalue weighted by Gasteiger charge is 2.39. The maximum Gasteiger partial charge on any atom is 0.319 e. The standard InChI is InChI=1S/C11H20O2S/c1-9(2)14-11(10(12)13)7-5-3-4-6-8-11/h9H,3-8H2,1-2H3,(H,12,13). The van der Waals surface area contributed by atoms with Crippen molar-refractivity contribution in [3.8, 4) is 0 Å². The van der Waals surface area contributed by atoms with E-state index >= 15 is 0 Å². The fourth-order valence-electron chi connectivity index (χ4n) is 2.13. The van der Waals surface area contributed by atoms with E-state index in [1.165, 1.54) is 12.8 Å². The molecule has 1 rings (SSSR count). The molecule has 0 aliphatic heterocycles. The molecule has 0 heterocycles. The van der Waals surface area contributed by atoms with Crippen molar-refractivity contribution >= 4 is 17.7 Å². The van der Waals surface area contributed by atoms with Crippen molar-refractivity contribution in [2.75, 3.05) is 0 Å². The molecule has 14 heavy (non-hydrogen) atoms. The van der Waals surface area contributed by atoms with Crippen LogP contribution < -0.4 is 0 Å². The van der Waals surface area contributed by atoms with Gasteiger partial charge >= 0.3 is 5.97 Å². The number of hydrogen-bond acceptors (Lipinski definition) is 2. The van der Waals surface area contributed by atoms with E-state index in [0.29, 0.717) is 5.25 Å². The van der Waals surface area contributed by atoms with Crippen LogP contribution in [0.5, 0.6) is 0 Å². The molecule has 0 aromatic rings. The lowest BCUT2D eigenvalue weighted by Crippen LogP contribution is -2.35. The van der Waals surface area contributed by atoms with Gasteiger partial charge in [0.1, 0.15) is 4.75 Å². The van der Waals surface area contributed by atoms with Gasteiger partial charge in [0.2, 0.25) is 0 Å². The largest absolute Gasteiger partial charge is 0.480 e. The lowest BCUT2D eigenvalue weighted by Gasteiger charge is -2.29. The van der Waals surface area contributed by atoms with Gasteiger partial charge in [-0.3, -0.25) is 4.79 Å². The summed E-state index contributed by atoms with van der Waals surface area (Å²) in [6, 6.07) is 0. The summed E-state index contributed by atoms with van der Waals surface area (Å²) in [4.78, 5) is 11.3. The van der Waals surface area contributed by atoms with Crippen LogP contribution in [0.3, 0.4) is 0 Å². The monoisotopic (exact) mass is 216 g/mol. The van der Waals surface area contributed by atoms with E-state index in [-0.39, 0.29) is 0 Å². The Bertz CT molecular complexity index is 193. The number of carbonyl (C=O) groups is 1. The molecule has 0 atom stereocenters. The minimum atomic E-state index is -0.599. The second-order valence-electron chi connectivity index (χ2n) is 4.38. The molecule has 1 aliphatic rings. The third-order valence-corrected chi connectivity index (χ3v) is 4.27. The van der Waals surface area contributed by atoms with Crippen LogP contribution in [0.1, 0.15) is 52.4 Å². The molecule has 0 unspecified atom stereocenters. The van der Waals surface area contributed by atoms with Gasteiger partial charge in [-0.05, 0) is 12.8 Å². The van der Waals surface area contributed by atoms with Crippen molar-refractivity contribution in [1.29, 1.82) is 0 Å². The number of thioether (sulfide) groups is 1. The van der Waals surface area contributed by atoms with E-state index in [0.717, 1.165) is 25.7 Å². The van der Waals surface area contributed by atoms with Crippen LogP contribution in [0, 0.1) is 0 Å². The maximum atomic E-state index is 11.3. The summed E-state index contributed by atoms with van der Waals surface area (Å²) in [5.41, 5.74) is 0. The van der Waals surface area contributed by atoms with Crippen LogP contribution in [0.25, 0.3) is 0 Å². The molecular weight excluding hydrogens is 196 g/mol. The minimum absolute atomic E-state index is 0.407. The van der Waals surface area contributed by atoms with Crippen molar-refractivity contribution in [3.05, 3.63) is 0 Å². The molecule has 3 heteroatoms. The Balaban J connectivity index is 2.72. The highest BCUT2D eigenvalue weighted by Crippen LogP contribution is 2.41. The Hall–Kier alpha value is -0.180. The van der Waals surface area contributed by atoms with Gasteiger partial charge in [-0.2, -0.15) is 0 Å². The van der Waals surface area contributed by atoms with Gasteiger partial charge in [-0.25, -0.2) is 0 Å². The molecule has 0 aromatic heterocycles. The van der Waals surface area contributed by atoms with Crippen molar-refractivity contribution in [2.45, 2.75) is 62.4 Å². The molecule has 0 saturated heterocycles. The summed E-state index contributed by atoms with van der Waals surface area (Å²) in [6.45, 7) is 4.17. The average molecular weight is 216 g/mol. The molecule has 1 saturated carbocycles. The summed E-state index contributed by atoms with van der Waals surface area (Å²) in [7, 11) is 0. The fraction of sp³-hybridized carbons (Fsp3) is 0.909. The Morgan fingerprint density at radius 2 is 1.71 bits per heavy atom. The predicted octanol–water partition coefficient (Wildman–Crippen LogP) is 3.31. The Morgan fingerprint density at radius 1 is 1.21 bits per heavy atom. The van der Waals surface area contributed by atoms with Crippen LogP contribution in [0.15, 0.2) is 0 Å². The second kappa shape index (κ2) is 5.06. The van der Waals surface area contributed by atoms with E-state index < -0.39 is 10.7 Å². The molecule has 1 aliphatic carbocycles. The Kier molecular flexibility index (Phi) is 4.30. The molecule has 0 amide bonds. The number of rotatable bonds is 3. The number of carboxylic acids is 1. The third kappa shape index (κ3) is 2.91. The highest BCUT2D eigenvalue weighted by molar-refractivity contribution is 8.01. The van der Waals surface area contributed by atoms with E-state index in [9.17, 15) is 9.90 Å². The summed E-state index contributed by atoms with van der Waals surface area (Å²) in [6.07, 6.45) is 6.26. The van der Waals surface area contributed by atoms with E-state index in [1.807, 2.05) is 0 Å². The number of hydrogen-bond donors (Lipinski definition) is 1. The normalized spacial score (nSPS) is 21.9. The predicted molar refractivity (Wildman–Crippen MR) is 60.8 cm³/mol. The SMILES string of the molecule is CC(C)SC1(C(=O)O)CCCCCC1. The average Bonchev–Trinajstić information content (AvgIpc) is 2.29. The molecule has 1 N–H and O–H groups in total. The Morgan fingerprint density at radius 3 is 2.07 bits per heavy atom. The third-order valence-electron chi connectivity index (χ3n) is 2.76. The van der Waals surface area contributed by atoms with Crippen LogP contribution in [0.2, 0.25) is 0 Å². The second-order valence-corrected chi connectivity index (χ2v) is 6.34. The zero-order valence-electron chi connectivity index (χ0n) is 9.08. The topological polar surface area (TPSA) is 37.3 Å². The summed E-state index contributed by atoms with van der Waals surface area (Å²) >= 11 is 1.64. The molecule has 0 spiro atoms. The van der Waals surface area contributed by atoms with Gasteiger partial charge in [-0.15, -0.1) is 11.8 Å². The number of carboxylic acid groups (broad SMARTS) is 1. The van der Waals surface area contributed by atoms with Crippen molar-refractivity contribution in [3.63, 3.8) is 0 Å². The molecule has 1 fully saturated rings. The molecule has 0 aromatic carbocycles. The van der Waals surface area contributed by atoms with E-state index in [2.05, 4.69) is 13.8 Å². The van der Waals surface area contributed by atoms with Crippen LogP contribution >= 0.6 is 11.8 Å². The van der Waals surface area contributed by atoms with Gasteiger partial charge in [0.25, 0.3) is 0 Å². The van der Waals surface area contributed by atoms with Gasteiger partial charge in [-0.1, -0.05) is 39.5 Å². The first-order chi connectivity index (χ1) is 6.57. The summed E-state index contributed by atoms with van der Waals surface area (Å²) in [5, 5.41) is 9.75. The maximum absolute atomic E-state index is 11.3. The lowest BCUT2D eigenvalue weighted by molar-refractivity contribution is -0.140. The minimum Gasteiger partial charge on any atom is -0.480 e. The smallest absolute Gasteiger partial charge is 0.319 e. The summed E-state index contributed by atoms with van der Waals surface area (Å²) < 4.78 is -0.481.